The van der Waals surface area contributed by atoms with Gasteiger partial charge in [0.15, 0.2) is 0 Å². The van der Waals surface area contributed by atoms with Crippen molar-refractivity contribution in [1.29, 1.82) is 0 Å². The van der Waals surface area contributed by atoms with Crippen molar-refractivity contribution >= 4 is 17.2 Å². The number of aromatic nitrogens is 2. The molecule has 2 aliphatic rings. The molecular weight excluding hydrogens is 372 g/mol. The Morgan fingerprint density at radius 3 is 2.96 bits per heavy atom. The largest absolute Gasteiger partial charge is 0.370 e. The van der Waals surface area contributed by atoms with Gasteiger partial charge in [-0.05, 0) is 38.8 Å². The highest BCUT2D eigenvalue weighted by Gasteiger charge is 2.46. The van der Waals surface area contributed by atoms with Crippen molar-refractivity contribution < 1.29 is 9.53 Å². The van der Waals surface area contributed by atoms with Crippen LogP contribution in [0.25, 0.3) is 0 Å². The van der Waals surface area contributed by atoms with Gasteiger partial charge in [-0.15, -0.1) is 11.3 Å². The molecule has 1 amide bonds. The van der Waals surface area contributed by atoms with Crippen molar-refractivity contribution in [3.8, 4) is 0 Å². The van der Waals surface area contributed by atoms with Crippen molar-refractivity contribution in [3.63, 3.8) is 0 Å². The van der Waals surface area contributed by atoms with Crippen molar-refractivity contribution in [3.05, 3.63) is 45.7 Å². The number of nitrogens with one attached hydrogen (secondary N) is 1. The van der Waals surface area contributed by atoms with Crippen LogP contribution >= 0.6 is 11.3 Å². The minimum absolute atomic E-state index is 0.00437. The molecule has 0 unspecified atom stereocenters. The SMILES string of the molecule is Cc1cnc(C(=O)N[C@H]2CCCC[C@]23CN(Cc2ccc(C)s2)CCO3)cn1. The van der Waals surface area contributed by atoms with E-state index >= 15 is 0 Å². The lowest BCUT2D eigenvalue weighted by atomic mass is 9.78. The average molecular weight is 401 g/mol. The van der Waals surface area contributed by atoms with E-state index in [4.69, 9.17) is 4.74 Å². The molecule has 2 aromatic rings. The van der Waals surface area contributed by atoms with Gasteiger partial charge in [-0.25, -0.2) is 4.98 Å². The summed E-state index contributed by atoms with van der Waals surface area (Å²) >= 11 is 1.86. The number of amides is 1. The van der Waals surface area contributed by atoms with Crippen LogP contribution in [0, 0.1) is 13.8 Å². The normalized spacial score (nSPS) is 25.7. The Morgan fingerprint density at radius 1 is 1.32 bits per heavy atom. The summed E-state index contributed by atoms with van der Waals surface area (Å²) < 4.78 is 6.36. The van der Waals surface area contributed by atoms with Crippen LogP contribution in [-0.2, 0) is 11.3 Å². The van der Waals surface area contributed by atoms with Gasteiger partial charge < -0.3 is 10.1 Å². The first kappa shape index (κ1) is 19.5. The summed E-state index contributed by atoms with van der Waals surface area (Å²) in [4.78, 5) is 26.4. The third-order valence-corrected chi connectivity index (χ3v) is 6.75. The van der Waals surface area contributed by atoms with Gasteiger partial charge in [-0.3, -0.25) is 14.7 Å². The van der Waals surface area contributed by atoms with Crippen LogP contribution in [0.4, 0.5) is 0 Å². The fraction of sp³-hybridized carbons (Fsp3) is 0.571. The van der Waals surface area contributed by atoms with E-state index in [0.717, 1.165) is 51.0 Å². The van der Waals surface area contributed by atoms with Gasteiger partial charge in [0.1, 0.15) is 11.3 Å². The van der Waals surface area contributed by atoms with Gasteiger partial charge in [-0.2, -0.15) is 0 Å². The zero-order valence-corrected chi connectivity index (χ0v) is 17.4. The molecule has 1 spiro atoms. The van der Waals surface area contributed by atoms with Gasteiger partial charge in [0, 0.05) is 35.6 Å². The van der Waals surface area contributed by atoms with E-state index in [0.29, 0.717) is 12.3 Å². The number of carbonyl (C=O) groups is 1. The van der Waals surface area contributed by atoms with Crippen LogP contribution in [0.2, 0.25) is 0 Å². The van der Waals surface area contributed by atoms with Gasteiger partial charge >= 0.3 is 0 Å². The molecule has 3 heterocycles. The second-order valence-corrected chi connectivity index (χ2v) is 9.32. The zero-order valence-electron chi connectivity index (χ0n) is 16.6. The van der Waals surface area contributed by atoms with Gasteiger partial charge in [0.05, 0.1) is 24.5 Å². The van der Waals surface area contributed by atoms with Gasteiger partial charge in [0.25, 0.3) is 5.91 Å². The third-order valence-electron chi connectivity index (χ3n) is 5.76. The molecular formula is C21H28N4O2S. The molecule has 2 atom stereocenters. The van der Waals surface area contributed by atoms with Crippen molar-refractivity contribution in [2.24, 2.45) is 0 Å². The Hall–Kier alpha value is -1.83. The minimum atomic E-state index is -0.309. The Morgan fingerprint density at radius 2 is 2.21 bits per heavy atom. The van der Waals surface area contributed by atoms with E-state index in [1.807, 2.05) is 18.3 Å². The maximum atomic E-state index is 12.7. The first-order chi connectivity index (χ1) is 13.5. The first-order valence-electron chi connectivity index (χ1n) is 10.1. The van der Waals surface area contributed by atoms with Gasteiger partial charge in [-0.1, -0.05) is 12.8 Å². The number of rotatable bonds is 4. The monoisotopic (exact) mass is 400 g/mol. The topological polar surface area (TPSA) is 67.4 Å². The zero-order chi connectivity index (χ0) is 19.6. The smallest absolute Gasteiger partial charge is 0.271 e. The number of nitrogens with zero attached hydrogens (tertiary/aromatic N) is 3. The predicted octanol–water partition coefficient (Wildman–Crippen LogP) is 3.10. The van der Waals surface area contributed by atoms with Crippen LogP contribution in [0.5, 0.6) is 0 Å². The Labute approximate surface area is 170 Å². The molecule has 2 aromatic heterocycles. The number of morpholine rings is 1. The summed E-state index contributed by atoms with van der Waals surface area (Å²) in [5.74, 6) is -0.159. The lowest BCUT2D eigenvalue weighted by Gasteiger charge is -2.49. The summed E-state index contributed by atoms with van der Waals surface area (Å²) in [5.41, 5.74) is 0.866. The lowest BCUT2D eigenvalue weighted by Crippen LogP contribution is -2.63. The van der Waals surface area contributed by atoms with Crippen LogP contribution in [0.1, 0.15) is 51.6 Å². The number of hydrogen-bond acceptors (Lipinski definition) is 6. The van der Waals surface area contributed by atoms with Crippen LogP contribution in [0.15, 0.2) is 24.5 Å². The van der Waals surface area contributed by atoms with Crippen LogP contribution < -0.4 is 5.32 Å². The molecule has 1 saturated carbocycles. The summed E-state index contributed by atoms with van der Waals surface area (Å²) in [7, 11) is 0. The fourth-order valence-corrected chi connectivity index (χ4v) is 5.26. The lowest BCUT2D eigenvalue weighted by molar-refractivity contribution is -0.143. The van der Waals surface area contributed by atoms with Gasteiger partial charge in [0.2, 0.25) is 0 Å². The molecule has 28 heavy (non-hydrogen) atoms. The average Bonchev–Trinajstić information content (AvgIpc) is 3.09. The summed E-state index contributed by atoms with van der Waals surface area (Å²) in [5, 5.41) is 3.21. The van der Waals surface area contributed by atoms with Crippen molar-refractivity contribution in [2.45, 2.75) is 57.7 Å². The Balaban J connectivity index is 1.47. The number of hydrogen-bond donors (Lipinski definition) is 1. The quantitative estimate of drug-likeness (QED) is 0.854. The number of carbonyl (C=O) groups excluding carboxylic acids is 1. The Kier molecular flexibility index (Phi) is 5.75. The van der Waals surface area contributed by atoms with E-state index in [1.54, 1.807) is 12.4 Å². The molecule has 150 valence electrons. The highest BCUT2D eigenvalue weighted by molar-refractivity contribution is 7.11. The van der Waals surface area contributed by atoms with E-state index in [2.05, 4.69) is 39.2 Å². The molecule has 0 radical (unpaired) electrons. The molecule has 1 aliphatic heterocycles. The molecule has 1 N–H and O–H groups in total. The molecule has 1 aliphatic carbocycles. The van der Waals surface area contributed by atoms with Crippen molar-refractivity contribution in [1.82, 2.24) is 20.2 Å². The maximum Gasteiger partial charge on any atom is 0.271 e. The van der Waals surface area contributed by atoms with E-state index in [1.165, 1.54) is 9.75 Å². The third kappa shape index (κ3) is 4.26. The summed E-state index contributed by atoms with van der Waals surface area (Å²) in [6, 6.07) is 4.41. The second kappa shape index (κ2) is 8.27. The van der Waals surface area contributed by atoms with E-state index in [9.17, 15) is 4.79 Å². The summed E-state index contributed by atoms with van der Waals surface area (Å²) in [6.45, 7) is 7.46. The van der Waals surface area contributed by atoms with Crippen LogP contribution in [0.3, 0.4) is 0 Å². The molecule has 7 heteroatoms. The Bertz CT molecular complexity index is 818. The molecule has 1 saturated heterocycles. The second-order valence-electron chi connectivity index (χ2n) is 7.95. The maximum absolute atomic E-state index is 12.7. The van der Waals surface area contributed by atoms with E-state index < -0.39 is 0 Å². The highest BCUT2D eigenvalue weighted by Crippen LogP contribution is 2.35. The predicted molar refractivity (Wildman–Crippen MR) is 110 cm³/mol. The van der Waals surface area contributed by atoms with Crippen molar-refractivity contribution in [2.75, 3.05) is 19.7 Å². The molecule has 0 aromatic carbocycles. The highest BCUT2D eigenvalue weighted by atomic mass is 32.1. The van der Waals surface area contributed by atoms with E-state index in [-0.39, 0.29) is 17.6 Å². The molecule has 0 bridgehead atoms. The van der Waals surface area contributed by atoms with Crippen LogP contribution in [-0.4, -0.2) is 52.1 Å². The number of thiophene rings is 1. The molecule has 6 nitrogen and oxygen atoms in total. The number of ether oxygens (including phenoxy) is 1. The standard InChI is InChI=1S/C21H28N4O2S/c1-15-11-23-18(12-22-15)20(26)24-19-5-3-4-8-21(19)14-25(9-10-27-21)13-17-7-6-16(2)28-17/h6-7,11-12,19H,3-5,8-10,13-14H2,1-2H3,(H,24,26)/t19-,21-/m0/s1. The number of aryl methyl sites for hydroxylation is 2. The first-order valence-corrected chi connectivity index (χ1v) is 10.9. The minimum Gasteiger partial charge on any atom is -0.370 e. The molecule has 4 rings (SSSR count). The fourth-order valence-electron chi connectivity index (χ4n) is 4.32. The summed E-state index contributed by atoms with van der Waals surface area (Å²) in [6.07, 6.45) is 7.36. The molecule has 2 fully saturated rings.